The van der Waals surface area contributed by atoms with Gasteiger partial charge in [-0.2, -0.15) is 0 Å². The first-order valence-corrected chi connectivity index (χ1v) is 5.73. The van der Waals surface area contributed by atoms with Crippen LogP contribution < -0.4 is 5.32 Å². The summed E-state index contributed by atoms with van der Waals surface area (Å²) >= 11 is 0. The van der Waals surface area contributed by atoms with Gasteiger partial charge in [-0.3, -0.25) is 0 Å². The van der Waals surface area contributed by atoms with Crippen LogP contribution in [0.25, 0.3) is 5.69 Å². The van der Waals surface area contributed by atoms with Crippen LogP contribution in [0.1, 0.15) is 12.5 Å². The van der Waals surface area contributed by atoms with Gasteiger partial charge in [0.05, 0.1) is 12.8 Å². The Morgan fingerprint density at radius 3 is 2.84 bits per heavy atom. The Bertz CT molecular complexity index is 569. The molecule has 0 amide bonds. The second-order valence-corrected chi connectivity index (χ2v) is 4.17. The Morgan fingerprint density at radius 1 is 1.47 bits per heavy atom. The molecule has 7 nitrogen and oxygen atoms in total. The van der Waals surface area contributed by atoms with Crippen molar-refractivity contribution in [3.8, 4) is 5.69 Å². The summed E-state index contributed by atoms with van der Waals surface area (Å²) in [5.41, 5.74) is 0.626. The third-order valence-electron chi connectivity index (χ3n) is 3.13. The number of aromatic nitrogens is 4. The van der Waals surface area contributed by atoms with Crippen molar-refractivity contribution in [1.29, 1.82) is 0 Å². The number of rotatable bonds is 4. The van der Waals surface area contributed by atoms with E-state index in [-0.39, 0.29) is 5.97 Å². The van der Waals surface area contributed by atoms with Crippen molar-refractivity contribution in [2.24, 2.45) is 0 Å². The zero-order valence-electron chi connectivity index (χ0n) is 11.0. The van der Waals surface area contributed by atoms with Crippen molar-refractivity contribution in [3.63, 3.8) is 0 Å². The standard InChI is InChI=1S/C12H15N5O2/c1-12(13-2,11(18)19-3)9-5-4-6-10(7-9)17-8-14-15-16-17/h4-8,13H,1-3H3. The highest BCUT2D eigenvalue weighted by molar-refractivity contribution is 5.82. The highest BCUT2D eigenvalue weighted by atomic mass is 16.5. The lowest BCUT2D eigenvalue weighted by molar-refractivity contribution is -0.148. The molecule has 1 atom stereocenters. The number of tetrazole rings is 1. The molecule has 1 heterocycles. The van der Waals surface area contributed by atoms with E-state index < -0.39 is 5.54 Å². The monoisotopic (exact) mass is 261 g/mol. The molecule has 0 saturated heterocycles. The summed E-state index contributed by atoms with van der Waals surface area (Å²) in [6, 6.07) is 7.38. The highest BCUT2D eigenvalue weighted by Crippen LogP contribution is 2.23. The number of carbonyl (C=O) groups is 1. The van der Waals surface area contributed by atoms with Crippen LogP contribution in [-0.4, -0.2) is 40.3 Å². The van der Waals surface area contributed by atoms with Crippen LogP contribution in [0.15, 0.2) is 30.6 Å². The van der Waals surface area contributed by atoms with Crippen LogP contribution in [0, 0.1) is 0 Å². The van der Waals surface area contributed by atoms with Crippen LogP contribution in [0.5, 0.6) is 0 Å². The molecular weight excluding hydrogens is 246 g/mol. The van der Waals surface area contributed by atoms with E-state index in [4.69, 9.17) is 4.74 Å². The largest absolute Gasteiger partial charge is 0.467 e. The lowest BCUT2D eigenvalue weighted by Crippen LogP contribution is -2.45. The number of hydrogen-bond acceptors (Lipinski definition) is 6. The minimum absolute atomic E-state index is 0.358. The van der Waals surface area contributed by atoms with E-state index in [1.807, 2.05) is 24.3 Å². The maximum absolute atomic E-state index is 11.9. The molecule has 1 aromatic carbocycles. The van der Waals surface area contributed by atoms with E-state index in [9.17, 15) is 4.79 Å². The van der Waals surface area contributed by atoms with E-state index >= 15 is 0 Å². The Hall–Kier alpha value is -2.28. The normalized spacial score (nSPS) is 13.8. The fraction of sp³-hybridized carbons (Fsp3) is 0.333. The molecule has 1 aromatic heterocycles. The minimum Gasteiger partial charge on any atom is -0.467 e. The Morgan fingerprint density at radius 2 is 2.26 bits per heavy atom. The molecule has 1 unspecified atom stereocenters. The fourth-order valence-electron chi connectivity index (χ4n) is 1.81. The first-order chi connectivity index (χ1) is 9.11. The maximum Gasteiger partial charge on any atom is 0.330 e. The molecule has 0 saturated carbocycles. The number of methoxy groups -OCH3 is 1. The smallest absolute Gasteiger partial charge is 0.330 e. The van der Waals surface area contributed by atoms with Crippen molar-refractivity contribution in [2.45, 2.75) is 12.5 Å². The Kier molecular flexibility index (Phi) is 3.57. The quantitative estimate of drug-likeness (QED) is 0.796. The van der Waals surface area contributed by atoms with Gasteiger partial charge in [-0.25, -0.2) is 9.48 Å². The first-order valence-electron chi connectivity index (χ1n) is 5.73. The highest BCUT2D eigenvalue weighted by Gasteiger charge is 2.34. The average Bonchev–Trinajstić information content (AvgIpc) is 3.00. The molecule has 0 radical (unpaired) electrons. The molecular formula is C12H15N5O2. The number of carbonyl (C=O) groups excluding carboxylic acids is 1. The van der Waals surface area contributed by atoms with Crippen molar-refractivity contribution in [2.75, 3.05) is 14.2 Å². The van der Waals surface area contributed by atoms with Crippen LogP contribution >= 0.6 is 0 Å². The van der Waals surface area contributed by atoms with Crippen molar-refractivity contribution in [3.05, 3.63) is 36.2 Å². The minimum atomic E-state index is -0.918. The molecule has 0 bridgehead atoms. The SMILES string of the molecule is CNC(C)(C(=O)OC)c1cccc(-n2cnnn2)c1. The second-order valence-electron chi connectivity index (χ2n) is 4.17. The average molecular weight is 261 g/mol. The van der Waals surface area contributed by atoms with Gasteiger partial charge in [0, 0.05) is 0 Å². The maximum atomic E-state index is 11.9. The summed E-state index contributed by atoms with van der Waals surface area (Å²) in [6.45, 7) is 1.76. The Labute approximate surface area is 110 Å². The lowest BCUT2D eigenvalue weighted by atomic mass is 9.92. The van der Waals surface area contributed by atoms with Crippen molar-refractivity contribution >= 4 is 5.97 Å². The van der Waals surface area contributed by atoms with Gasteiger partial charge in [-0.1, -0.05) is 12.1 Å². The van der Waals surface area contributed by atoms with Gasteiger partial charge in [-0.15, -0.1) is 5.10 Å². The molecule has 19 heavy (non-hydrogen) atoms. The summed E-state index contributed by atoms with van der Waals surface area (Å²) in [4.78, 5) is 11.9. The van der Waals surface area contributed by atoms with E-state index in [1.54, 1.807) is 14.0 Å². The molecule has 1 N–H and O–H groups in total. The number of esters is 1. The van der Waals surface area contributed by atoms with Gasteiger partial charge in [0.25, 0.3) is 0 Å². The summed E-state index contributed by atoms with van der Waals surface area (Å²) in [7, 11) is 3.07. The number of nitrogens with zero attached hydrogens (tertiary/aromatic N) is 4. The summed E-state index contributed by atoms with van der Waals surface area (Å²) in [6.07, 6.45) is 1.49. The summed E-state index contributed by atoms with van der Waals surface area (Å²) in [5, 5.41) is 14.0. The van der Waals surface area contributed by atoms with Crippen LogP contribution in [0.2, 0.25) is 0 Å². The van der Waals surface area contributed by atoms with Crippen molar-refractivity contribution < 1.29 is 9.53 Å². The molecule has 0 aliphatic heterocycles. The van der Waals surface area contributed by atoms with Crippen LogP contribution in [0.3, 0.4) is 0 Å². The van der Waals surface area contributed by atoms with E-state index in [0.29, 0.717) is 0 Å². The number of nitrogens with one attached hydrogen (secondary N) is 1. The first kappa shape index (κ1) is 13.2. The van der Waals surface area contributed by atoms with Gasteiger partial charge in [-0.05, 0) is 42.1 Å². The van der Waals surface area contributed by atoms with Crippen molar-refractivity contribution in [1.82, 2.24) is 25.5 Å². The molecule has 7 heteroatoms. The third-order valence-corrected chi connectivity index (χ3v) is 3.13. The molecule has 2 aromatic rings. The molecule has 0 fully saturated rings. The number of ether oxygens (including phenoxy) is 1. The molecule has 0 aliphatic rings. The van der Waals surface area contributed by atoms with Gasteiger partial charge < -0.3 is 10.1 Å². The van der Waals surface area contributed by atoms with Gasteiger partial charge in [0.15, 0.2) is 0 Å². The number of likely N-dealkylation sites (N-methyl/N-ethyl adjacent to an activating group) is 1. The lowest BCUT2D eigenvalue weighted by Gasteiger charge is -2.26. The second kappa shape index (κ2) is 5.15. The summed E-state index contributed by atoms with van der Waals surface area (Å²) in [5.74, 6) is -0.358. The molecule has 100 valence electrons. The van der Waals surface area contributed by atoms with Gasteiger partial charge in [0.1, 0.15) is 11.9 Å². The predicted molar refractivity (Wildman–Crippen MR) is 67.6 cm³/mol. The van der Waals surface area contributed by atoms with Gasteiger partial charge >= 0.3 is 5.97 Å². The van der Waals surface area contributed by atoms with Crippen LogP contribution in [0.4, 0.5) is 0 Å². The molecule has 0 aliphatic carbocycles. The number of hydrogen-bond donors (Lipinski definition) is 1. The zero-order chi connectivity index (χ0) is 13.9. The van der Waals surface area contributed by atoms with Gasteiger partial charge in [0.2, 0.25) is 0 Å². The van der Waals surface area contributed by atoms with Crippen LogP contribution in [-0.2, 0) is 15.1 Å². The van der Waals surface area contributed by atoms with E-state index in [0.717, 1.165) is 11.3 Å². The number of benzene rings is 1. The third kappa shape index (κ3) is 2.32. The fourth-order valence-corrected chi connectivity index (χ4v) is 1.81. The summed E-state index contributed by atoms with van der Waals surface area (Å²) < 4.78 is 6.37. The molecule has 0 spiro atoms. The zero-order valence-corrected chi connectivity index (χ0v) is 11.0. The predicted octanol–water partition coefficient (Wildman–Crippen LogP) is 0.270. The Balaban J connectivity index is 2.45. The topological polar surface area (TPSA) is 81.9 Å². The van der Waals surface area contributed by atoms with E-state index in [2.05, 4.69) is 20.8 Å². The van der Waals surface area contributed by atoms with E-state index in [1.165, 1.54) is 18.1 Å². The molecule has 2 rings (SSSR count).